The number of Topliss-reactive ketones (excluding diaryl/α,β-unsaturated/α-hetero) is 2. The van der Waals surface area contributed by atoms with E-state index in [1.807, 2.05) is 0 Å². The maximum absolute atomic E-state index is 11.6. The van der Waals surface area contributed by atoms with E-state index in [1.165, 1.54) is 0 Å². The first kappa shape index (κ1) is 15.8. The van der Waals surface area contributed by atoms with Crippen molar-refractivity contribution >= 4 is 17.5 Å². The SMILES string of the molecule is CCCC(C(=O)O)C(=O)C(=O)COC(C)(C)C. The Balaban J connectivity index is 4.46. The quantitative estimate of drug-likeness (QED) is 0.541. The number of hydrogen-bond acceptors (Lipinski definition) is 4. The largest absolute Gasteiger partial charge is 0.481 e. The second kappa shape index (κ2) is 6.49. The Labute approximate surface area is 101 Å². The van der Waals surface area contributed by atoms with E-state index in [0.717, 1.165) is 0 Å². The number of hydrogen-bond donors (Lipinski definition) is 1. The normalized spacial score (nSPS) is 13.2. The van der Waals surface area contributed by atoms with Crippen molar-refractivity contribution in [3.8, 4) is 0 Å². The molecule has 5 heteroatoms. The number of ether oxygens (including phenoxy) is 1. The Hall–Kier alpha value is -1.23. The lowest BCUT2D eigenvalue weighted by Crippen LogP contribution is -2.34. The summed E-state index contributed by atoms with van der Waals surface area (Å²) in [6, 6.07) is 0. The van der Waals surface area contributed by atoms with Gasteiger partial charge >= 0.3 is 5.97 Å². The molecule has 0 saturated heterocycles. The number of aliphatic carboxylic acids is 1. The second-order valence-electron chi connectivity index (χ2n) is 4.87. The van der Waals surface area contributed by atoms with Gasteiger partial charge in [-0.25, -0.2) is 0 Å². The first-order chi connectivity index (χ1) is 7.69. The number of carbonyl (C=O) groups is 3. The molecule has 98 valence electrons. The minimum atomic E-state index is -1.25. The predicted octanol–water partition coefficient (Wildman–Crippen LogP) is 1.44. The van der Waals surface area contributed by atoms with Crippen LogP contribution in [0.1, 0.15) is 40.5 Å². The van der Waals surface area contributed by atoms with E-state index < -0.39 is 29.1 Å². The molecule has 1 atom stereocenters. The Morgan fingerprint density at radius 2 is 1.76 bits per heavy atom. The Bertz CT molecular complexity index is 301. The molecule has 5 nitrogen and oxygen atoms in total. The molecule has 1 N–H and O–H groups in total. The fourth-order valence-electron chi connectivity index (χ4n) is 1.20. The zero-order valence-electron chi connectivity index (χ0n) is 10.8. The molecule has 0 heterocycles. The van der Waals surface area contributed by atoms with Crippen LogP contribution in [0.15, 0.2) is 0 Å². The fourth-order valence-corrected chi connectivity index (χ4v) is 1.20. The van der Waals surface area contributed by atoms with Crippen molar-refractivity contribution < 1.29 is 24.2 Å². The van der Waals surface area contributed by atoms with Crippen LogP contribution < -0.4 is 0 Å². The maximum atomic E-state index is 11.6. The van der Waals surface area contributed by atoms with Crippen LogP contribution in [0.4, 0.5) is 0 Å². The summed E-state index contributed by atoms with van der Waals surface area (Å²) in [5, 5.41) is 8.84. The lowest BCUT2D eigenvalue weighted by molar-refractivity contribution is -0.152. The van der Waals surface area contributed by atoms with Crippen molar-refractivity contribution in [2.75, 3.05) is 6.61 Å². The van der Waals surface area contributed by atoms with Crippen LogP contribution in [-0.4, -0.2) is 34.9 Å². The van der Waals surface area contributed by atoms with Gasteiger partial charge in [0.05, 0.1) is 5.60 Å². The molecular weight excluding hydrogens is 224 g/mol. The number of carbonyl (C=O) groups excluding carboxylic acids is 2. The Morgan fingerprint density at radius 3 is 2.12 bits per heavy atom. The van der Waals surface area contributed by atoms with Crippen molar-refractivity contribution in [2.24, 2.45) is 5.92 Å². The monoisotopic (exact) mass is 244 g/mol. The van der Waals surface area contributed by atoms with Crippen LogP contribution >= 0.6 is 0 Å². The van der Waals surface area contributed by atoms with Gasteiger partial charge in [-0.3, -0.25) is 14.4 Å². The molecular formula is C12H20O5. The van der Waals surface area contributed by atoms with Crippen molar-refractivity contribution in [3.63, 3.8) is 0 Å². The van der Waals surface area contributed by atoms with E-state index in [1.54, 1.807) is 27.7 Å². The van der Waals surface area contributed by atoms with Gasteiger partial charge in [0.2, 0.25) is 11.6 Å². The molecule has 1 unspecified atom stereocenters. The average molecular weight is 244 g/mol. The van der Waals surface area contributed by atoms with E-state index in [9.17, 15) is 14.4 Å². The summed E-state index contributed by atoms with van der Waals surface area (Å²) in [6.07, 6.45) is 0.714. The molecule has 0 aliphatic rings. The lowest BCUT2D eigenvalue weighted by atomic mass is 9.96. The predicted molar refractivity (Wildman–Crippen MR) is 61.8 cm³/mol. The van der Waals surface area contributed by atoms with Crippen LogP contribution in [0.25, 0.3) is 0 Å². The average Bonchev–Trinajstić information content (AvgIpc) is 2.20. The third kappa shape index (κ3) is 6.16. The third-order valence-electron chi connectivity index (χ3n) is 2.10. The first-order valence-corrected chi connectivity index (χ1v) is 5.63. The summed E-state index contributed by atoms with van der Waals surface area (Å²) in [4.78, 5) is 33.9. The zero-order chi connectivity index (χ0) is 13.6. The summed E-state index contributed by atoms with van der Waals surface area (Å²) in [5.41, 5.74) is -0.528. The van der Waals surface area contributed by atoms with Crippen LogP contribution in [0, 0.1) is 5.92 Å². The van der Waals surface area contributed by atoms with Gasteiger partial charge in [0.25, 0.3) is 0 Å². The van der Waals surface area contributed by atoms with Gasteiger partial charge in [0.15, 0.2) is 0 Å². The van der Waals surface area contributed by atoms with Gasteiger partial charge in [-0.1, -0.05) is 13.3 Å². The Kier molecular flexibility index (Phi) is 6.02. The molecule has 0 aliphatic heterocycles. The van der Waals surface area contributed by atoms with Crippen molar-refractivity contribution in [2.45, 2.75) is 46.1 Å². The van der Waals surface area contributed by atoms with Crippen molar-refractivity contribution in [1.29, 1.82) is 0 Å². The van der Waals surface area contributed by atoms with E-state index in [4.69, 9.17) is 9.84 Å². The van der Waals surface area contributed by atoms with Crippen LogP contribution in [0.5, 0.6) is 0 Å². The minimum Gasteiger partial charge on any atom is -0.481 e. The minimum absolute atomic E-state index is 0.176. The van der Waals surface area contributed by atoms with E-state index in [2.05, 4.69) is 0 Å². The lowest BCUT2D eigenvalue weighted by Gasteiger charge is -2.19. The first-order valence-electron chi connectivity index (χ1n) is 5.63. The summed E-state index contributed by atoms with van der Waals surface area (Å²) >= 11 is 0. The summed E-state index contributed by atoms with van der Waals surface area (Å²) in [7, 11) is 0. The molecule has 0 bridgehead atoms. The highest BCUT2D eigenvalue weighted by atomic mass is 16.5. The van der Waals surface area contributed by atoms with Gasteiger partial charge in [0, 0.05) is 0 Å². The van der Waals surface area contributed by atoms with Crippen molar-refractivity contribution in [1.82, 2.24) is 0 Å². The molecule has 0 amide bonds. The zero-order valence-corrected chi connectivity index (χ0v) is 10.8. The molecule has 0 rings (SSSR count). The summed E-state index contributed by atoms with van der Waals surface area (Å²) in [6.45, 7) is 6.66. The van der Waals surface area contributed by atoms with Crippen LogP contribution in [-0.2, 0) is 19.1 Å². The van der Waals surface area contributed by atoms with E-state index in [0.29, 0.717) is 6.42 Å². The standard InChI is InChI=1S/C12H20O5/c1-5-6-8(11(15)16)10(14)9(13)7-17-12(2,3)4/h8H,5-7H2,1-4H3,(H,15,16). The number of carboxylic acid groups (broad SMARTS) is 1. The summed E-state index contributed by atoms with van der Waals surface area (Å²) < 4.78 is 5.16. The smallest absolute Gasteiger partial charge is 0.314 e. The molecule has 0 saturated carbocycles. The maximum Gasteiger partial charge on any atom is 0.314 e. The van der Waals surface area contributed by atoms with E-state index >= 15 is 0 Å². The molecule has 0 aliphatic carbocycles. The number of ketones is 2. The highest BCUT2D eigenvalue weighted by molar-refractivity contribution is 6.41. The highest BCUT2D eigenvalue weighted by Gasteiger charge is 2.31. The second-order valence-corrected chi connectivity index (χ2v) is 4.87. The molecule has 0 fully saturated rings. The topological polar surface area (TPSA) is 80.7 Å². The summed E-state index contributed by atoms with van der Waals surface area (Å²) in [5.74, 6) is -4.14. The molecule has 17 heavy (non-hydrogen) atoms. The van der Waals surface area contributed by atoms with Gasteiger partial charge < -0.3 is 9.84 Å². The van der Waals surface area contributed by atoms with Gasteiger partial charge in [-0.2, -0.15) is 0 Å². The molecule has 0 aromatic rings. The van der Waals surface area contributed by atoms with Crippen LogP contribution in [0.3, 0.4) is 0 Å². The third-order valence-corrected chi connectivity index (χ3v) is 2.10. The molecule has 0 aromatic heterocycles. The molecule has 0 aromatic carbocycles. The fraction of sp³-hybridized carbons (Fsp3) is 0.750. The Morgan fingerprint density at radius 1 is 1.24 bits per heavy atom. The van der Waals surface area contributed by atoms with Crippen molar-refractivity contribution in [3.05, 3.63) is 0 Å². The number of carboxylic acids is 1. The van der Waals surface area contributed by atoms with E-state index in [-0.39, 0.29) is 13.0 Å². The van der Waals surface area contributed by atoms with Gasteiger partial charge in [0.1, 0.15) is 12.5 Å². The highest BCUT2D eigenvalue weighted by Crippen LogP contribution is 2.11. The van der Waals surface area contributed by atoms with Crippen LogP contribution in [0.2, 0.25) is 0 Å². The molecule has 0 spiro atoms. The molecule has 0 radical (unpaired) electrons. The van der Waals surface area contributed by atoms with Gasteiger partial charge in [-0.05, 0) is 27.2 Å². The number of rotatable bonds is 7. The van der Waals surface area contributed by atoms with Gasteiger partial charge in [-0.15, -0.1) is 0 Å².